The summed E-state index contributed by atoms with van der Waals surface area (Å²) in [7, 11) is -3.71. The number of aryl methyl sites for hydroxylation is 2. The summed E-state index contributed by atoms with van der Waals surface area (Å²) in [6.07, 6.45) is 2.09. The molecule has 2 unspecified atom stereocenters. The van der Waals surface area contributed by atoms with Crippen molar-refractivity contribution in [3.63, 3.8) is 0 Å². The lowest BCUT2D eigenvalue weighted by Gasteiger charge is -2.21. The van der Waals surface area contributed by atoms with Crippen molar-refractivity contribution in [1.29, 1.82) is 0 Å². The first-order valence-electron chi connectivity index (χ1n) is 8.53. The number of aromatic nitrogens is 2. The van der Waals surface area contributed by atoms with E-state index in [1.54, 1.807) is 35.0 Å². The maximum atomic E-state index is 13.3. The monoisotopic (exact) mass is 360 g/mol. The molecule has 1 heterocycles. The van der Waals surface area contributed by atoms with Crippen molar-refractivity contribution in [2.45, 2.75) is 50.7 Å². The van der Waals surface area contributed by atoms with Crippen molar-refractivity contribution in [1.82, 2.24) is 9.78 Å². The SMILES string of the molecule is Cc1cc(C)n(C2CCC(C)[C@H](O)C=C2S(=O)(=O)c2ccccc2)n1. The fourth-order valence-electron chi connectivity index (χ4n) is 3.39. The van der Waals surface area contributed by atoms with Gasteiger partial charge in [-0.2, -0.15) is 5.10 Å². The zero-order valence-electron chi connectivity index (χ0n) is 14.8. The van der Waals surface area contributed by atoms with Crippen LogP contribution in [0.4, 0.5) is 0 Å². The van der Waals surface area contributed by atoms with Gasteiger partial charge in [0, 0.05) is 5.69 Å². The number of aliphatic hydroxyl groups excluding tert-OH is 1. The number of hydrogen-bond acceptors (Lipinski definition) is 4. The van der Waals surface area contributed by atoms with Crippen LogP contribution in [0, 0.1) is 19.8 Å². The Hall–Kier alpha value is -1.92. The fourth-order valence-corrected chi connectivity index (χ4v) is 5.07. The van der Waals surface area contributed by atoms with Crippen molar-refractivity contribution in [3.05, 3.63) is 58.8 Å². The minimum Gasteiger partial charge on any atom is -0.389 e. The van der Waals surface area contributed by atoms with Gasteiger partial charge >= 0.3 is 0 Å². The molecule has 0 radical (unpaired) electrons. The van der Waals surface area contributed by atoms with Crippen LogP contribution in [0.25, 0.3) is 0 Å². The van der Waals surface area contributed by atoms with Crippen LogP contribution >= 0.6 is 0 Å². The molecule has 0 amide bonds. The van der Waals surface area contributed by atoms with Crippen molar-refractivity contribution in [2.24, 2.45) is 5.92 Å². The highest BCUT2D eigenvalue weighted by Gasteiger charge is 2.34. The molecule has 1 aliphatic rings. The van der Waals surface area contributed by atoms with E-state index >= 15 is 0 Å². The van der Waals surface area contributed by atoms with Crippen LogP contribution in [-0.2, 0) is 9.84 Å². The lowest BCUT2D eigenvalue weighted by molar-refractivity contribution is 0.157. The van der Waals surface area contributed by atoms with Crippen molar-refractivity contribution in [3.8, 4) is 0 Å². The van der Waals surface area contributed by atoms with Crippen LogP contribution < -0.4 is 0 Å². The van der Waals surface area contributed by atoms with Gasteiger partial charge in [0.1, 0.15) is 0 Å². The first-order chi connectivity index (χ1) is 11.8. The summed E-state index contributed by atoms with van der Waals surface area (Å²) >= 11 is 0. The Morgan fingerprint density at radius 2 is 1.84 bits per heavy atom. The molecule has 0 spiro atoms. The molecule has 1 aliphatic carbocycles. The standard InChI is InChI=1S/C19H24N2O3S/c1-13-9-10-17(21-15(3)11-14(2)20-21)19(12-18(13)22)25(23,24)16-7-5-4-6-8-16/h4-8,11-13,17-18,22H,9-10H2,1-3H3/t13?,17?,18-/m1/s1. The molecule has 1 aromatic carbocycles. The summed E-state index contributed by atoms with van der Waals surface area (Å²) in [6.45, 7) is 5.77. The molecule has 3 rings (SSSR count). The molecule has 0 saturated heterocycles. The average Bonchev–Trinajstić information content (AvgIpc) is 2.84. The van der Waals surface area contributed by atoms with E-state index in [2.05, 4.69) is 5.10 Å². The van der Waals surface area contributed by atoms with Crippen molar-refractivity contribution >= 4 is 9.84 Å². The zero-order valence-corrected chi connectivity index (χ0v) is 15.6. The van der Waals surface area contributed by atoms with E-state index in [1.165, 1.54) is 6.08 Å². The third-order valence-corrected chi connectivity index (χ3v) is 6.77. The summed E-state index contributed by atoms with van der Waals surface area (Å²) in [4.78, 5) is 0.483. The van der Waals surface area contributed by atoms with E-state index in [1.807, 2.05) is 26.8 Å². The Labute approximate surface area is 148 Å². The molecular formula is C19H24N2O3S. The molecule has 1 N–H and O–H groups in total. The minimum atomic E-state index is -3.71. The van der Waals surface area contributed by atoms with Crippen molar-refractivity contribution in [2.75, 3.05) is 0 Å². The maximum Gasteiger partial charge on any atom is 0.204 e. The number of sulfone groups is 1. The van der Waals surface area contributed by atoms with E-state index in [-0.39, 0.29) is 15.7 Å². The Morgan fingerprint density at radius 3 is 2.44 bits per heavy atom. The maximum absolute atomic E-state index is 13.3. The van der Waals surface area contributed by atoms with E-state index in [0.717, 1.165) is 17.8 Å². The molecule has 3 atom stereocenters. The van der Waals surface area contributed by atoms with Gasteiger partial charge in [-0.05, 0) is 56.9 Å². The van der Waals surface area contributed by atoms with Crippen LogP contribution in [0.3, 0.4) is 0 Å². The lowest BCUT2D eigenvalue weighted by atomic mass is 10.0. The van der Waals surface area contributed by atoms with E-state index < -0.39 is 22.0 Å². The molecular weight excluding hydrogens is 336 g/mol. The second kappa shape index (κ2) is 6.77. The molecule has 25 heavy (non-hydrogen) atoms. The van der Waals surface area contributed by atoms with Crippen LogP contribution in [0.15, 0.2) is 52.3 Å². The molecule has 0 aliphatic heterocycles. The number of allylic oxidation sites excluding steroid dienone is 1. The molecule has 2 aromatic rings. The smallest absolute Gasteiger partial charge is 0.204 e. The minimum absolute atomic E-state index is 0.00272. The second-order valence-corrected chi connectivity index (χ2v) is 8.77. The van der Waals surface area contributed by atoms with Crippen LogP contribution in [0.2, 0.25) is 0 Å². The Bertz CT molecular complexity index is 885. The largest absolute Gasteiger partial charge is 0.389 e. The molecule has 6 heteroatoms. The molecule has 1 aromatic heterocycles. The van der Waals surface area contributed by atoms with Gasteiger partial charge in [-0.1, -0.05) is 25.1 Å². The van der Waals surface area contributed by atoms with Gasteiger partial charge in [0.05, 0.1) is 27.6 Å². The van der Waals surface area contributed by atoms with Gasteiger partial charge in [-0.3, -0.25) is 4.68 Å². The molecule has 0 fully saturated rings. The van der Waals surface area contributed by atoms with E-state index in [9.17, 15) is 13.5 Å². The van der Waals surface area contributed by atoms with Crippen LogP contribution in [0.1, 0.15) is 37.2 Å². The number of nitrogens with zero attached hydrogens (tertiary/aromatic N) is 2. The number of hydrogen-bond donors (Lipinski definition) is 1. The van der Waals surface area contributed by atoms with Gasteiger partial charge in [0.25, 0.3) is 0 Å². The quantitative estimate of drug-likeness (QED) is 0.912. The first-order valence-corrected chi connectivity index (χ1v) is 10.0. The predicted molar refractivity (Wildman–Crippen MR) is 96.9 cm³/mol. The highest BCUT2D eigenvalue weighted by atomic mass is 32.2. The normalized spacial score (nSPS) is 24.6. The Balaban J connectivity index is 2.16. The third-order valence-electron chi connectivity index (χ3n) is 4.85. The van der Waals surface area contributed by atoms with Gasteiger partial charge in [-0.15, -0.1) is 0 Å². The number of aliphatic hydroxyl groups is 1. The summed E-state index contributed by atoms with van der Waals surface area (Å²) in [6, 6.07) is 9.93. The Kier molecular flexibility index (Phi) is 4.84. The van der Waals surface area contributed by atoms with Gasteiger partial charge in [0.15, 0.2) is 0 Å². The van der Waals surface area contributed by atoms with Gasteiger partial charge in [-0.25, -0.2) is 8.42 Å². The number of rotatable bonds is 3. The predicted octanol–water partition coefficient (Wildman–Crippen LogP) is 3.19. The van der Waals surface area contributed by atoms with E-state index in [4.69, 9.17) is 0 Å². The topological polar surface area (TPSA) is 72.2 Å². The molecule has 0 bridgehead atoms. The second-order valence-electron chi connectivity index (χ2n) is 6.82. The summed E-state index contributed by atoms with van der Waals surface area (Å²) in [5.41, 5.74) is 1.77. The van der Waals surface area contributed by atoms with Crippen LogP contribution in [0.5, 0.6) is 0 Å². The first kappa shape index (κ1) is 17.9. The zero-order chi connectivity index (χ0) is 18.2. The highest BCUT2D eigenvalue weighted by Crippen LogP contribution is 2.37. The summed E-state index contributed by atoms with van der Waals surface area (Å²) < 4.78 is 28.3. The van der Waals surface area contributed by atoms with Crippen molar-refractivity contribution < 1.29 is 13.5 Å². The molecule has 134 valence electrons. The van der Waals surface area contributed by atoms with Gasteiger partial charge in [0.2, 0.25) is 9.84 Å². The van der Waals surface area contributed by atoms with E-state index in [0.29, 0.717) is 6.42 Å². The molecule has 0 saturated carbocycles. The Morgan fingerprint density at radius 1 is 1.16 bits per heavy atom. The molecule has 5 nitrogen and oxygen atoms in total. The highest BCUT2D eigenvalue weighted by molar-refractivity contribution is 7.95. The summed E-state index contributed by atoms with van der Waals surface area (Å²) in [5, 5.41) is 14.9. The average molecular weight is 360 g/mol. The fraction of sp³-hybridized carbons (Fsp3) is 0.421. The number of benzene rings is 1. The van der Waals surface area contributed by atoms with Gasteiger partial charge < -0.3 is 5.11 Å². The third kappa shape index (κ3) is 3.41. The summed E-state index contributed by atoms with van der Waals surface area (Å²) in [5.74, 6) is 0.00272. The lowest BCUT2D eigenvalue weighted by Crippen LogP contribution is -2.20. The van der Waals surface area contributed by atoms with Crippen LogP contribution in [-0.4, -0.2) is 29.4 Å².